The van der Waals surface area contributed by atoms with Crippen molar-refractivity contribution < 1.29 is 9.84 Å². The zero-order chi connectivity index (χ0) is 21.5. The fourth-order valence-electron chi connectivity index (χ4n) is 4.16. The number of halogens is 1. The molecule has 162 valence electrons. The average Bonchev–Trinajstić information content (AvgIpc) is 2.81. The van der Waals surface area contributed by atoms with Gasteiger partial charge in [0.05, 0.1) is 6.04 Å². The summed E-state index contributed by atoms with van der Waals surface area (Å²) in [6, 6.07) is 29.4. The summed E-state index contributed by atoms with van der Waals surface area (Å²) in [4.78, 5) is 4.88. The number of β-amino-alcohol motifs (C(OH)–C–C–N with tert-alkyl or cyclic N) is 1. The SMILES string of the molecule is O[C@H](COc1ccc(Br)cc1)CN1CCN(C(c2ccccc2)c2ccccc2)CC1. The lowest BCUT2D eigenvalue weighted by molar-refractivity contribution is 0.0401. The Bertz CT molecular complexity index is 874. The Morgan fingerprint density at radius 2 is 1.32 bits per heavy atom. The molecule has 0 unspecified atom stereocenters. The van der Waals surface area contributed by atoms with Gasteiger partial charge in [-0.3, -0.25) is 9.80 Å². The molecule has 1 heterocycles. The van der Waals surface area contributed by atoms with Gasteiger partial charge in [-0.25, -0.2) is 0 Å². The van der Waals surface area contributed by atoms with Gasteiger partial charge in [-0.2, -0.15) is 0 Å². The van der Waals surface area contributed by atoms with Gasteiger partial charge in [-0.15, -0.1) is 0 Å². The van der Waals surface area contributed by atoms with E-state index >= 15 is 0 Å². The Morgan fingerprint density at radius 1 is 0.774 bits per heavy atom. The minimum absolute atomic E-state index is 0.259. The highest BCUT2D eigenvalue weighted by molar-refractivity contribution is 9.10. The second-order valence-electron chi connectivity index (χ2n) is 7.98. The molecule has 1 saturated heterocycles. The maximum absolute atomic E-state index is 10.5. The lowest BCUT2D eigenvalue weighted by atomic mass is 9.96. The van der Waals surface area contributed by atoms with Crippen LogP contribution in [0.5, 0.6) is 5.75 Å². The summed E-state index contributed by atoms with van der Waals surface area (Å²) in [5, 5.41) is 10.5. The standard InChI is InChI=1S/C26H29BrN2O2/c27-23-11-13-25(14-12-23)31-20-24(30)19-28-15-17-29(18-16-28)26(21-7-3-1-4-8-21)22-9-5-2-6-10-22/h1-14,24,26,30H,15-20H2/t24-/m0/s1. The van der Waals surface area contributed by atoms with E-state index < -0.39 is 6.10 Å². The fraction of sp³-hybridized carbons (Fsp3) is 0.308. The number of benzene rings is 3. The van der Waals surface area contributed by atoms with Crippen LogP contribution in [0.2, 0.25) is 0 Å². The molecule has 31 heavy (non-hydrogen) atoms. The molecule has 1 aliphatic rings. The van der Waals surface area contributed by atoms with Gasteiger partial charge in [0.15, 0.2) is 0 Å². The first-order valence-electron chi connectivity index (χ1n) is 10.8. The molecule has 0 amide bonds. The third-order valence-corrected chi connectivity index (χ3v) is 6.26. The topological polar surface area (TPSA) is 35.9 Å². The predicted octanol–water partition coefficient (Wildman–Crippen LogP) is 4.60. The summed E-state index contributed by atoms with van der Waals surface area (Å²) in [7, 11) is 0. The molecule has 5 heteroatoms. The molecule has 0 aliphatic carbocycles. The van der Waals surface area contributed by atoms with Crippen molar-refractivity contribution in [1.82, 2.24) is 9.80 Å². The molecule has 1 N–H and O–H groups in total. The van der Waals surface area contributed by atoms with Crippen molar-refractivity contribution in [3.05, 3.63) is 101 Å². The van der Waals surface area contributed by atoms with Crippen LogP contribution >= 0.6 is 15.9 Å². The number of nitrogens with zero attached hydrogens (tertiary/aromatic N) is 2. The molecule has 1 atom stereocenters. The van der Waals surface area contributed by atoms with Gasteiger partial charge >= 0.3 is 0 Å². The molecule has 1 fully saturated rings. The van der Waals surface area contributed by atoms with E-state index in [-0.39, 0.29) is 6.04 Å². The molecule has 4 nitrogen and oxygen atoms in total. The van der Waals surface area contributed by atoms with E-state index in [0.717, 1.165) is 36.4 Å². The average molecular weight is 481 g/mol. The number of piperazine rings is 1. The van der Waals surface area contributed by atoms with Crippen molar-refractivity contribution in [3.63, 3.8) is 0 Å². The van der Waals surface area contributed by atoms with E-state index in [2.05, 4.69) is 86.4 Å². The Labute approximate surface area is 193 Å². The second kappa shape index (κ2) is 10.9. The third-order valence-electron chi connectivity index (χ3n) is 5.73. The van der Waals surface area contributed by atoms with Crippen LogP contribution in [0.25, 0.3) is 0 Å². The Morgan fingerprint density at radius 3 is 1.87 bits per heavy atom. The zero-order valence-electron chi connectivity index (χ0n) is 17.6. The van der Waals surface area contributed by atoms with Gasteiger partial charge in [-0.05, 0) is 35.4 Å². The number of ether oxygens (including phenoxy) is 1. The summed E-state index contributed by atoms with van der Waals surface area (Å²) in [6.45, 7) is 4.74. The Kier molecular flexibility index (Phi) is 7.76. The van der Waals surface area contributed by atoms with E-state index in [1.165, 1.54) is 11.1 Å². The Balaban J connectivity index is 1.32. The monoisotopic (exact) mass is 480 g/mol. The van der Waals surface area contributed by atoms with Crippen molar-refractivity contribution in [1.29, 1.82) is 0 Å². The number of hydrogen-bond donors (Lipinski definition) is 1. The van der Waals surface area contributed by atoms with Gasteiger partial charge < -0.3 is 9.84 Å². The van der Waals surface area contributed by atoms with Crippen molar-refractivity contribution >= 4 is 15.9 Å². The van der Waals surface area contributed by atoms with Crippen LogP contribution in [-0.4, -0.2) is 60.3 Å². The highest BCUT2D eigenvalue weighted by Crippen LogP contribution is 2.29. The Hall–Kier alpha value is -2.18. The summed E-state index contributed by atoms with van der Waals surface area (Å²) in [5.74, 6) is 0.778. The largest absolute Gasteiger partial charge is 0.491 e. The minimum atomic E-state index is -0.505. The van der Waals surface area contributed by atoms with Crippen LogP contribution in [0.15, 0.2) is 89.4 Å². The molecule has 1 aliphatic heterocycles. The van der Waals surface area contributed by atoms with E-state index in [1.54, 1.807) is 0 Å². The zero-order valence-corrected chi connectivity index (χ0v) is 19.2. The maximum Gasteiger partial charge on any atom is 0.119 e. The maximum atomic E-state index is 10.5. The van der Waals surface area contributed by atoms with Gasteiger partial charge in [-0.1, -0.05) is 76.6 Å². The van der Waals surface area contributed by atoms with E-state index in [9.17, 15) is 5.11 Å². The highest BCUT2D eigenvalue weighted by atomic mass is 79.9. The lowest BCUT2D eigenvalue weighted by Crippen LogP contribution is -2.50. The molecule has 0 spiro atoms. The molecule has 0 radical (unpaired) electrons. The second-order valence-corrected chi connectivity index (χ2v) is 8.89. The smallest absolute Gasteiger partial charge is 0.119 e. The first-order chi connectivity index (χ1) is 15.2. The quantitative estimate of drug-likeness (QED) is 0.511. The number of aliphatic hydroxyl groups excluding tert-OH is 1. The van der Waals surface area contributed by atoms with Gasteiger partial charge in [0, 0.05) is 37.2 Å². The normalized spacial score (nSPS) is 16.4. The van der Waals surface area contributed by atoms with Crippen molar-refractivity contribution in [2.45, 2.75) is 12.1 Å². The fourth-order valence-corrected chi connectivity index (χ4v) is 4.43. The van der Waals surface area contributed by atoms with E-state index in [1.807, 2.05) is 24.3 Å². The van der Waals surface area contributed by atoms with Crippen LogP contribution < -0.4 is 4.74 Å². The molecule has 0 bridgehead atoms. The number of aliphatic hydroxyl groups is 1. The molecule has 3 aromatic rings. The first-order valence-corrected chi connectivity index (χ1v) is 11.6. The molecule has 3 aromatic carbocycles. The minimum Gasteiger partial charge on any atom is -0.491 e. The number of hydrogen-bond acceptors (Lipinski definition) is 4. The van der Waals surface area contributed by atoms with Crippen LogP contribution in [0.1, 0.15) is 17.2 Å². The van der Waals surface area contributed by atoms with Crippen molar-refractivity contribution in [2.24, 2.45) is 0 Å². The molecular weight excluding hydrogens is 452 g/mol. The third kappa shape index (κ3) is 6.17. The van der Waals surface area contributed by atoms with Crippen molar-refractivity contribution in [3.8, 4) is 5.75 Å². The highest BCUT2D eigenvalue weighted by Gasteiger charge is 2.27. The summed E-state index contributed by atoms with van der Waals surface area (Å²) < 4.78 is 6.75. The van der Waals surface area contributed by atoms with Crippen LogP contribution in [-0.2, 0) is 0 Å². The lowest BCUT2D eigenvalue weighted by Gasteiger charge is -2.40. The molecular formula is C26H29BrN2O2. The van der Waals surface area contributed by atoms with Crippen LogP contribution in [0, 0.1) is 0 Å². The molecule has 0 saturated carbocycles. The van der Waals surface area contributed by atoms with Crippen LogP contribution in [0.4, 0.5) is 0 Å². The molecule has 0 aromatic heterocycles. The summed E-state index contributed by atoms with van der Waals surface area (Å²) in [5.41, 5.74) is 2.65. The number of rotatable bonds is 8. The van der Waals surface area contributed by atoms with E-state index in [4.69, 9.17) is 4.74 Å². The molecule has 4 rings (SSSR count). The van der Waals surface area contributed by atoms with Gasteiger partial charge in [0.2, 0.25) is 0 Å². The predicted molar refractivity (Wildman–Crippen MR) is 128 cm³/mol. The first kappa shape index (κ1) is 22.0. The van der Waals surface area contributed by atoms with Gasteiger partial charge in [0.25, 0.3) is 0 Å². The van der Waals surface area contributed by atoms with E-state index in [0.29, 0.717) is 13.2 Å². The summed E-state index contributed by atoms with van der Waals surface area (Å²) >= 11 is 3.42. The van der Waals surface area contributed by atoms with Crippen molar-refractivity contribution in [2.75, 3.05) is 39.3 Å². The van der Waals surface area contributed by atoms with Gasteiger partial charge in [0.1, 0.15) is 18.5 Å². The summed E-state index contributed by atoms with van der Waals surface area (Å²) in [6.07, 6.45) is -0.505. The van der Waals surface area contributed by atoms with Crippen LogP contribution in [0.3, 0.4) is 0 Å².